The number of aryl methyl sites for hydroxylation is 1. The maximum Gasteiger partial charge on any atom is 0.264 e. The fourth-order valence-corrected chi connectivity index (χ4v) is 5.53. The molecule has 208 valence electrons. The van der Waals surface area contributed by atoms with Gasteiger partial charge in [-0.05, 0) is 81.8 Å². The molecule has 0 radical (unpaired) electrons. The van der Waals surface area contributed by atoms with Crippen LogP contribution in [-0.2, 0) is 26.2 Å². The molecule has 0 fully saturated rings. The summed E-state index contributed by atoms with van der Waals surface area (Å²) >= 11 is 12.2. The van der Waals surface area contributed by atoms with Crippen LogP contribution in [0.25, 0.3) is 0 Å². The largest absolute Gasteiger partial charge is 0.352 e. The number of nitrogens with one attached hydrogen (secondary N) is 1. The average Bonchev–Trinajstić information content (AvgIpc) is 2.87. The van der Waals surface area contributed by atoms with Gasteiger partial charge in [-0.15, -0.1) is 0 Å². The molecule has 0 aliphatic heterocycles. The van der Waals surface area contributed by atoms with Gasteiger partial charge < -0.3 is 10.2 Å². The summed E-state index contributed by atoms with van der Waals surface area (Å²) in [7, 11) is -4.24. The molecular weight excluding hydrogens is 564 g/mol. The zero-order chi connectivity index (χ0) is 28.9. The number of halogens is 3. The first-order valence-corrected chi connectivity index (χ1v) is 14.4. The second-order valence-electron chi connectivity index (χ2n) is 9.41. The van der Waals surface area contributed by atoms with E-state index in [1.165, 1.54) is 29.2 Å². The number of benzene rings is 3. The molecule has 0 heterocycles. The van der Waals surface area contributed by atoms with Crippen LogP contribution in [-0.4, -0.2) is 43.8 Å². The Labute approximate surface area is 238 Å². The van der Waals surface area contributed by atoms with Gasteiger partial charge in [0.15, 0.2) is 0 Å². The third-order valence-corrected chi connectivity index (χ3v) is 8.46. The Morgan fingerprint density at radius 2 is 1.54 bits per heavy atom. The van der Waals surface area contributed by atoms with Crippen LogP contribution in [0, 0.1) is 12.7 Å². The number of nitrogens with zero attached hydrogens (tertiary/aromatic N) is 2. The van der Waals surface area contributed by atoms with Crippen LogP contribution in [0.2, 0.25) is 10.0 Å². The number of rotatable bonds is 10. The van der Waals surface area contributed by atoms with Crippen molar-refractivity contribution in [1.29, 1.82) is 0 Å². The maximum atomic E-state index is 13.8. The summed E-state index contributed by atoms with van der Waals surface area (Å²) in [5, 5.41) is 3.39. The lowest BCUT2D eigenvalue weighted by Crippen LogP contribution is -2.52. The number of anilines is 1. The smallest absolute Gasteiger partial charge is 0.264 e. The third kappa shape index (κ3) is 7.71. The first-order chi connectivity index (χ1) is 18.3. The molecule has 0 aliphatic rings. The number of hydrogen-bond donors (Lipinski definition) is 1. The number of sulfonamides is 1. The Morgan fingerprint density at radius 1 is 0.923 bits per heavy atom. The summed E-state index contributed by atoms with van der Waals surface area (Å²) in [5.74, 6) is -1.61. The van der Waals surface area contributed by atoms with Crippen molar-refractivity contribution < 1.29 is 22.4 Å². The van der Waals surface area contributed by atoms with Crippen molar-refractivity contribution in [3.05, 3.63) is 93.7 Å². The van der Waals surface area contributed by atoms with Crippen molar-refractivity contribution in [2.45, 2.75) is 51.2 Å². The molecule has 0 saturated heterocycles. The summed E-state index contributed by atoms with van der Waals surface area (Å²) in [5.41, 5.74) is 1.55. The van der Waals surface area contributed by atoms with Gasteiger partial charge in [-0.1, -0.05) is 47.0 Å². The van der Waals surface area contributed by atoms with Crippen LogP contribution >= 0.6 is 23.2 Å². The first kappa shape index (κ1) is 30.4. The van der Waals surface area contributed by atoms with E-state index >= 15 is 0 Å². The predicted molar refractivity (Wildman–Crippen MR) is 152 cm³/mol. The number of carbonyl (C=O) groups is 2. The quantitative estimate of drug-likeness (QED) is 0.332. The molecular formula is C28H30Cl2FN3O4S. The molecule has 1 atom stereocenters. The molecule has 3 rings (SSSR count). The van der Waals surface area contributed by atoms with E-state index in [0.29, 0.717) is 10.6 Å². The van der Waals surface area contributed by atoms with Crippen molar-refractivity contribution in [3.63, 3.8) is 0 Å². The fourth-order valence-electron chi connectivity index (χ4n) is 3.80. The first-order valence-electron chi connectivity index (χ1n) is 12.2. The molecule has 3 aromatic rings. The molecule has 3 aromatic carbocycles. The van der Waals surface area contributed by atoms with Crippen molar-refractivity contribution in [2.75, 3.05) is 10.8 Å². The van der Waals surface area contributed by atoms with E-state index in [2.05, 4.69) is 5.32 Å². The van der Waals surface area contributed by atoms with E-state index < -0.39 is 40.2 Å². The van der Waals surface area contributed by atoms with Gasteiger partial charge in [0, 0.05) is 12.6 Å². The Kier molecular flexibility index (Phi) is 9.98. The molecule has 0 saturated carbocycles. The van der Waals surface area contributed by atoms with E-state index in [9.17, 15) is 22.4 Å². The van der Waals surface area contributed by atoms with Gasteiger partial charge in [-0.25, -0.2) is 12.8 Å². The molecule has 0 aliphatic carbocycles. The minimum atomic E-state index is -4.24. The second kappa shape index (κ2) is 12.8. The summed E-state index contributed by atoms with van der Waals surface area (Å²) in [4.78, 5) is 28.0. The zero-order valence-corrected chi connectivity index (χ0v) is 24.3. The van der Waals surface area contributed by atoms with Crippen molar-refractivity contribution in [3.8, 4) is 0 Å². The van der Waals surface area contributed by atoms with Crippen LogP contribution in [0.3, 0.4) is 0 Å². The molecule has 11 heteroatoms. The Morgan fingerprint density at radius 3 is 2.10 bits per heavy atom. The second-order valence-corrected chi connectivity index (χ2v) is 12.1. The summed E-state index contributed by atoms with van der Waals surface area (Å²) in [6, 6.07) is 14.7. The van der Waals surface area contributed by atoms with E-state index in [1.807, 2.05) is 6.92 Å². The molecule has 0 bridgehead atoms. The van der Waals surface area contributed by atoms with Crippen LogP contribution in [0.4, 0.5) is 10.1 Å². The Balaban J connectivity index is 2.04. The SMILES string of the molecule is Cc1ccc(S(=O)(=O)N(CC(=O)N(Cc2ccc(Cl)c(Cl)c2)[C@H](C)C(=O)NC(C)C)c2ccc(F)cc2)cc1. The molecule has 1 N–H and O–H groups in total. The van der Waals surface area contributed by atoms with Gasteiger partial charge in [-0.2, -0.15) is 0 Å². The van der Waals surface area contributed by atoms with E-state index in [1.54, 1.807) is 51.1 Å². The predicted octanol–water partition coefficient (Wildman–Crippen LogP) is 5.58. The van der Waals surface area contributed by atoms with Crippen LogP contribution in [0.15, 0.2) is 71.6 Å². The van der Waals surface area contributed by atoms with E-state index in [-0.39, 0.29) is 28.2 Å². The molecule has 2 amide bonds. The Hall–Kier alpha value is -3.14. The normalized spacial score (nSPS) is 12.2. The van der Waals surface area contributed by atoms with Gasteiger partial charge in [0.1, 0.15) is 18.4 Å². The van der Waals surface area contributed by atoms with Crippen molar-refractivity contribution >= 4 is 50.7 Å². The third-order valence-electron chi connectivity index (χ3n) is 5.94. The highest BCUT2D eigenvalue weighted by Gasteiger charge is 2.32. The van der Waals surface area contributed by atoms with E-state index in [0.717, 1.165) is 22.0 Å². The van der Waals surface area contributed by atoms with Gasteiger partial charge in [0.25, 0.3) is 10.0 Å². The standard InChI is InChI=1S/C28H30Cl2FN3O4S/c1-18(2)32-28(36)20(4)33(16-21-7-14-25(29)26(30)15-21)27(35)17-34(23-10-8-22(31)9-11-23)39(37,38)24-12-5-19(3)6-13-24/h5-15,18,20H,16-17H2,1-4H3,(H,32,36)/t20-/m1/s1. The summed E-state index contributed by atoms with van der Waals surface area (Å²) in [6.45, 7) is 6.29. The van der Waals surface area contributed by atoms with Crippen molar-refractivity contribution in [2.24, 2.45) is 0 Å². The summed E-state index contributed by atoms with van der Waals surface area (Å²) < 4.78 is 42.1. The van der Waals surface area contributed by atoms with Gasteiger partial charge in [-0.3, -0.25) is 13.9 Å². The number of amides is 2. The number of hydrogen-bond acceptors (Lipinski definition) is 4. The van der Waals surface area contributed by atoms with Crippen LogP contribution in [0.5, 0.6) is 0 Å². The molecule has 0 unspecified atom stereocenters. The fraction of sp³-hybridized carbons (Fsp3) is 0.286. The maximum absolute atomic E-state index is 13.8. The monoisotopic (exact) mass is 593 g/mol. The minimum Gasteiger partial charge on any atom is -0.352 e. The lowest BCUT2D eigenvalue weighted by molar-refractivity contribution is -0.139. The highest BCUT2D eigenvalue weighted by molar-refractivity contribution is 7.92. The molecule has 7 nitrogen and oxygen atoms in total. The highest BCUT2D eigenvalue weighted by atomic mass is 35.5. The molecule has 39 heavy (non-hydrogen) atoms. The van der Waals surface area contributed by atoms with Gasteiger partial charge >= 0.3 is 0 Å². The molecule has 0 spiro atoms. The minimum absolute atomic E-state index is 0.0353. The lowest BCUT2D eigenvalue weighted by atomic mass is 10.1. The van der Waals surface area contributed by atoms with Crippen molar-refractivity contribution in [1.82, 2.24) is 10.2 Å². The molecule has 0 aromatic heterocycles. The van der Waals surface area contributed by atoms with Crippen LogP contribution < -0.4 is 9.62 Å². The number of carbonyl (C=O) groups excluding carboxylic acids is 2. The Bertz CT molecular complexity index is 1430. The average molecular weight is 595 g/mol. The van der Waals surface area contributed by atoms with Gasteiger partial charge in [0.2, 0.25) is 11.8 Å². The van der Waals surface area contributed by atoms with E-state index in [4.69, 9.17) is 23.2 Å². The lowest BCUT2D eigenvalue weighted by Gasteiger charge is -2.32. The van der Waals surface area contributed by atoms with Gasteiger partial charge in [0.05, 0.1) is 20.6 Å². The topological polar surface area (TPSA) is 86.8 Å². The van der Waals surface area contributed by atoms with Crippen LogP contribution in [0.1, 0.15) is 31.9 Å². The zero-order valence-electron chi connectivity index (χ0n) is 22.0. The highest BCUT2D eigenvalue weighted by Crippen LogP contribution is 2.26. The summed E-state index contributed by atoms with van der Waals surface area (Å²) in [6.07, 6.45) is 0.